The van der Waals surface area contributed by atoms with Crippen molar-refractivity contribution in [1.82, 2.24) is 0 Å². The molecule has 10 atom stereocenters. The van der Waals surface area contributed by atoms with E-state index >= 15 is 0 Å². The van der Waals surface area contributed by atoms with Crippen LogP contribution in [-0.4, -0.2) is 35.9 Å². The lowest BCUT2D eigenvalue weighted by atomic mass is 9.44. The number of carbonyl (C=O) groups excluding carboxylic acids is 2. The van der Waals surface area contributed by atoms with E-state index in [2.05, 4.69) is 13.8 Å². The molecule has 5 aliphatic rings. The van der Waals surface area contributed by atoms with Crippen LogP contribution in [0.25, 0.3) is 6.08 Å². The highest BCUT2D eigenvalue weighted by molar-refractivity contribution is 5.87. The van der Waals surface area contributed by atoms with Crippen LogP contribution in [0.2, 0.25) is 0 Å². The summed E-state index contributed by atoms with van der Waals surface area (Å²) in [6.07, 6.45) is 11.3. The molecular formula is C35H40O7. The van der Waals surface area contributed by atoms with E-state index in [1.807, 2.05) is 42.5 Å². The smallest absolute Gasteiger partial charge is 0.335 e. The average Bonchev–Trinajstić information content (AvgIpc) is 3.68. The van der Waals surface area contributed by atoms with Crippen LogP contribution in [0.4, 0.5) is 0 Å². The number of esters is 2. The molecule has 2 heterocycles. The van der Waals surface area contributed by atoms with Crippen LogP contribution in [0.1, 0.15) is 82.8 Å². The van der Waals surface area contributed by atoms with E-state index in [-0.39, 0.29) is 52.1 Å². The van der Waals surface area contributed by atoms with Crippen LogP contribution < -0.4 is 5.63 Å². The van der Waals surface area contributed by atoms with Gasteiger partial charge in [0.15, 0.2) is 0 Å². The van der Waals surface area contributed by atoms with Gasteiger partial charge in [-0.05, 0) is 91.4 Å². The number of rotatable bonds is 5. The number of hydrogen-bond donors (Lipinski definition) is 0. The molecule has 0 bridgehead atoms. The van der Waals surface area contributed by atoms with Gasteiger partial charge in [-0.2, -0.15) is 0 Å². The molecule has 42 heavy (non-hydrogen) atoms. The van der Waals surface area contributed by atoms with Gasteiger partial charge in [-0.1, -0.05) is 44.2 Å². The molecule has 0 amide bonds. The Morgan fingerprint density at radius 1 is 0.952 bits per heavy atom. The van der Waals surface area contributed by atoms with Crippen LogP contribution in [0.15, 0.2) is 64.0 Å². The number of fused-ring (bicyclic) bond motifs is 3. The molecular weight excluding hydrogens is 532 g/mol. The summed E-state index contributed by atoms with van der Waals surface area (Å²) in [5.41, 5.74) is 1.06. The fourth-order valence-electron chi connectivity index (χ4n) is 10.1. The molecule has 1 aromatic carbocycles. The molecule has 0 N–H and O–H groups in total. The van der Waals surface area contributed by atoms with Gasteiger partial charge in [-0.3, -0.25) is 4.79 Å². The Labute approximate surface area is 246 Å². The quantitative estimate of drug-likeness (QED) is 0.244. The second-order valence-electron chi connectivity index (χ2n) is 13.8. The highest BCUT2D eigenvalue weighted by atomic mass is 16.7. The van der Waals surface area contributed by atoms with E-state index in [0.29, 0.717) is 17.8 Å². The highest BCUT2D eigenvalue weighted by Gasteiger charge is 2.84. The first-order valence-electron chi connectivity index (χ1n) is 15.5. The monoisotopic (exact) mass is 572 g/mol. The van der Waals surface area contributed by atoms with Crippen LogP contribution in [0.3, 0.4) is 0 Å². The molecule has 1 spiro atoms. The molecule has 1 aromatic heterocycles. The summed E-state index contributed by atoms with van der Waals surface area (Å²) in [6, 6.07) is 13.1. The second kappa shape index (κ2) is 9.94. The second-order valence-corrected chi connectivity index (χ2v) is 13.8. The molecule has 1 aliphatic heterocycles. The van der Waals surface area contributed by atoms with Crippen molar-refractivity contribution in [3.63, 3.8) is 0 Å². The van der Waals surface area contributed by atoms with Gasteiger partial charge < -0.3 is 18.6 Å². The van der Waals surface area contributed by atoms with Crippen LogP contribution in [0.5, 0.6) is 0 Å². The maximum atomic E-state index is 12.6. The largest absolute Gasteiger partial charge is 0.459 e. The van der Waals surface area contributed by atoms with Crippen molar-refractivity contribution in [2.75, 3.05) is 0 Å². The molecule has 1 saturated heterocycles. The summed E-state index contributed by atoms with van der Waals surface area (Å²) in [5.74, 6) is 0.687. The topological polar surface area (TPSA) is 95.3 Å². The summed E-state index contributed by atoms with van der Waals surface area (Å²) in [7, 11) is 0. The lowest BCUT2D eigenvalue weighted by Gasteiger charge is -2.61. The van der Waals surface area contributed by atoms with Crippen LogP contribution in [-0.2, 0) is 23.8 Å². The number of ether oxygens (including phenoxy) is 3. The van der Waals surface area contributed by atoms with Crippen LogP contribution >= 0.6 is 0 Å². The molecule has 7 rings (SSSR count). The van der Waals surface area contributed by atoms with Gasteiger partial charge in [0.2, 0.25) is 0 Å². The van der Waals surface area contributed by atoms with Crippen molar-refractivity contribution >= 4 is 18.0 Å². The summed E-state index contributed by atoms with van der Waals surface area (Å²) < 4.78 is 23.9. The van der Waals surface area contributed by atoms with Crippen molar-refractivity contribution < 1.29 is 28.2 Å². The minimum atomic E-state index is -0.399. The SMILES string of the molecule is CC(=O)O[C@H]1[C@H]2O[C@]23[C@@H]2CC[C@@H]4C[C@@H](OC(=O)/C=C/c5ccccc5)CC[C@]4(C)C2CC[C@]3(C)[C@H]1c1ccc(=O)oc1. The molecule has 7 heteroatoms. The summed E-state index contributed by atoms with van der Waals surface area (Å²) in [5, 5.41) is 0. The fraction of sp³-hybridized carbons (Fsp3) is 0.571. The van der Waals surface area contributed by atoms with E-state index in [0.717, 1.165) is 56.1 Å². The fourth-order valence-corrected chi connectivity index (χ4v) is 10.1. The molecule has 5 fully saturated rings. The zero-order valence-corrected chi connectivity index (χ0v) is 24.6. The first-order valence-corrected chi connectivity index (χ1v) is 15.5. The van der Waals surface area contributed by atoms with Gasteiger partial charge in [0.05, 0.1) is 6.26 Å². The van der Waals surface area contributed by atoms with Crippen molar-refractivity contribution in [2.45, 2.75) is 95.5 Å². The Bertz CT molecular complexity index is 1440. The molecule has 1 unspecified atom stereocenters. The van der Waals surface area contributed by atoms with E-state index < -0.39 is 6.10 Å². The van der Waals surface area contributed by atoms with Crippen molar-refractivity contribution in [1.29, 1.82) is 0 Å². The number of carbonyl (C=O) groups is 2. The number of benzene rings is 1. The highest BCUT2D eigenvalue weighted by Crippen LogP contribution is 2.78. The molecule has 4 saturated carbocycles. The Hall–Kier alpha value is -3.19. The maximum Gasteiger partial charge on any atom is 0.335 e. The third-order valence-corrected chi connectivity index (χ3v) is 11.9. The first kappa shape index (κ1) is 27.6. The maximum absolute atomic E-state index is 12.6. The summed E-state index contributed by atoms with van der Waals surface area (Å²) in [6.45, 7) is 6.22. The van der Waals surface area contributed by atoms with Gasteiger partial charge in [-0.25, -0.2) is 9.59 Å². The standard InChI is InChI=1S/C35H40O7/c1-21(36)40-31-30(23-10-14-28(37)39-20-23)34(3)18-16-26-27(35(34)32(31)42-35)12-11-24-19-25(15-17-33(24,26)2)41-29(38)13-9-22-7-5-4-6-8-22/h4-10,13-14,20,24-27,30-32H,11-12,15-19H2,1-3H3/b13-9+/t24-,25+,26?,27-,30+,31-,32-,33+,34-,35-/m1/s1. The third kappa shape index (κ3) is 4.14. The summed E-state index contributed by atoms with van der Waals surface area (Å²) >= 11 is 0. The van der Waals surface area contributed by atoms with Crippen molar-refractivity contribution in [3.8, 4) is 0 Å². The lowest BCUT2D eigenvalue weighted by Crippen LogP contribution is -2.58. The van der Waals surface area contributed by atoms with Gasteiger partial charge >= 0.3 is 17.6 Å². The summed E-state index contributed by atoms with van der Waals surface area (Å²) in [4.78, 5) is 36.7. The van der Waals surface area contributed by atoms with E-state index in [1.54, 1.807) is 12.3 Å². The minimum Gasteiger partial charge on any atom is -0.459 e. The lowest BCUT2D eigenvalue weighted by molar-refractivity contribution is -0.165. The zero-order valence-electron chi connectivity index (χ0n) is 24.6. The minimum absolute atomic E-state index is 0.0542. The normalized spacial score (nSPS) is 41.6. The van der Waals surface area contributed by atoms with Gasteiger partial charge in [0.25, 0.3) is 0 Å². The Balaban J connectivity index is 1.10. The van der Waals surface area contributed by atoms with Crippen molar-refractivity contribution in [3.05, 3.63) is 76.4 Å². The first-order chi connectivity index (χ1) is 20.2. The predicted molar refractivity (Wildman–Crippen MR) is 155 cm³/mol. The molecule has 4 aliphatic carbocycles. The van der Waals surface area contributed by atoms with E-state index in [9.17, 15) is 14.4 Å². The molecule has 222 valence electrons. The average molecular weight is 573 g/mol. The van der Waals surface area contributed by atoms with Crippen molar-refractivity contribution in [2.24, 2.45) is 28.6 Å². The van der Waals surface area contributed by atoms with Gasteiger partial charge in [-0.15, -0.1) is 0 Å². The third-order valence-electron chi connectivity index (χ3n) is 11.9. The predicted octanol–water partition coefficient (Wildman–Crippen LogP) is 6.06. The Kier molecular flexibility index (Phi) is 6.54. The molecule has 0 radical (unpaired) electrons. The Morgan fingerprint density at radius 3 is 2.50 bits per heavy atom. The number of epoxide rings is 1. The van der Waals surface area contributed by atoms with Crippen LogP contribution in [0, 0.1) is 28.6 Å². The zero-order chi connectivity index (χ0) is 29.3. The van der Waals surface area contributed by atoms with E-state index in [4.69, 9.17) is 18.6 Å². The molecule has 7 nitrogen and oxygen atoms in total. The number of hydrogen-bond acceptors (Lipinski definition) is 7. The van der Waals surface area contributed by atoms with Gasteiger partial charge in [0.1, 0.15) is 23.9 Å². The molecule has 2 aromatic rings. The van der Waals surface area contributed by atoms with Gasteiger partial charge in [0, 0.05) is 30.4 Å². The van der Waals surface area contributed by atoms with E-state index in [1.165, 1.54) is 13.0 Å². The Morgan fingerprint density at radius 2 is 1.76 bits per heavy atom.